The standard InChI is InChI=1S/C24H23Cl2NO5.C4H10.C2H6/c1-11(2)32-23(31)15-9-16(25)18(22(29)30)19(20(15)26)21(28)13-6-7-17-14(8-13)12(3)10-24(4,5)27-17;1-4(2)3;1-2/h6-11,27H,1-5H3,(H,29,30);4H,1-3H3;1-2H3. The van der Waals surface area contributed by atoms with Crippen LogP contribution in [0.5, 0.6) is 0 Å². The summed E-state index contributed by atoms with van der Waals surface area (Å²) in [6.45, 7) is 19.8. The zero-order chi connectivity index (χ0) is 29.5. The van der Waals surface area contributed by atoms with Crippen LogP contribution < -0.4 is 5.32 Å². The van der Waals surface area contributed by atoms with Crippen LogP contribution in [0.15, 0.2) is 30.3 Å². The summed E-state index contributed by atoms with van der Waals surface area (Å²) in [4.78, 5) is 37.9. The third-order valence-corrected chi connectivity index (χ3v) is 5.65. The molecule has 0 unspecified atom stereocenters. The highest BCUT2D eigenvalue weighted by atomic mass is 35.5. The largest absolute Gasteiger partial charge is 0.478 e. The lowest BCUT2D eigenvalue weighted by Gasteiger charge is -2.31. The number of ether oxygens (including phenoxy) is 1. The van der Waals surface area contributed by atoms with E-state index in [0.717, 1.165) is 28.8 Å². The summed E-state index contributed by atoms with van der Waals surface area (Å²) in [5.74, 6) is -2.05. The van der Waals surface area contributed by atoms with Crippen molar-refractivity contribution in [3.8, 4) is 0 Å². The highest BCUT2D eigenvalue weighted by Gasteiger charge is 2.30. The fourth-order valence-electron chi connectivity index (χ4n) is 3.74. The lowest BCUT2D eigenvalue weighted by atomic mass is 9.88. The van der Waals surface area contributed by atoms with Crippen LogP contribution in [0.2, 0.25) is 10.0 Å². The van der Waals surface area contributed by atoms with E-state index in [1.54, 1.807) is 32.0 Å². The molecule has 6 nitrogen and oxygen atoms in total. The first kappa shape index (κ1) is 33.2. The Morgan fingerprint density at radius 3 is 2.03 bits per heavy atom. The number of anilines is 1. The number of rotatable bonds is 5. The third-order valence-electron chi connectivity index (χ3n) is 4.96. The second-order valence-corrected chi connectivity index (χ2v) is 11.0. The van der Waals surface area contributed by atoms with Crippen molar-refractivity contribution in [1.82, 2.24) is 0 Å². The molecule has 0 bridgehead atoms. The number of hydrogen-bond acceptors (Lipinski definition) is 5. The van der Waals surface area contributed by atoms with Crippen molar-refractivity contribution >= 4 is 52.2 Å². The van der Waals surface area contributed by atoms with E-state index in [2.05, 4.69) is 26.1 Å². The predicted molar refractivity (Wildman–Crippen MR) is 157 cm³/mol. The molecule has 0 radical (unpaired) electrons. The number of ketones is 1. The SMILES string of the molecule is CC.CC(C)C.CC1=CC(C)(C)Nc2ccc(C(=O)c3c(Cl)c(C(=O)OC(C)C)cc(Cl)c3C(=O)O)cc21. The normalized spacial score (nSPS) is 13.2. The fraction of sp³-hybridized carbons (Fsp3) is 0.433. The smallest absolute Gasteiger partial charge is 0.339 e. The third kappa shape index (κ3) is 8.34. The van der Waals surface area contributed by atoms with Crippen LogP contribution in [0.25, 0.3) is 5.57 Å². The van der Waals surface area contributed by atoms with E-state index in [-0.39, 0.29) is 32.3 Å². The molecule has 2 N–H and O–H groups in total. The van der Waals surface area contributed by atoms with Gasteiger partial charge in [-0.05, 0) is 70.4 Å². The molecule has 0 spiro atoms. The number of esters is 1. The van der Waals surface area contributed by atoms with Gasteiger partial charge in [0.05, 0.1) is 38.4 Å². The van der Waals surface area contributed by atoms with E-state index in [1.165, 1.54) is 0 Å². The van der Waals surface area contributed by atoms with E-state index in [0.29, 0.717) is 0 Å². The van der Waals surface area contributed by atoms with Gasteiger partial charge in [0.2, 0.25) is 0 Å². The van der Waals surface area contributed by atoms with Gasteiger partial charge >= 0.3 is 11.9 Å². The summed E-state index contributed by atoms with van der Waals surface area (Å²) >= 11 is 12.6. The van der Waals surface area contributed by atoms with Gasteiger partial charge in [0.25, 0.3) is 0 Å². The molecule has 2 aromatic carbocycles. The van der Waals surface area contributed by atoms with Gasteiger partial charge in [-0.25, -0.2) is 9.59 Å². The molecule has 8 heteroatoms. The highest BCUT2D eigenvalue weighted by Crippen LogP contribution is 2.37. The summed E-state index contributed by atoms with van der Waals surface area (Å²) in [5, 5.41) is 12.5. The second-order valence-electron chi connectivity index (χ2n) is 10.2. The summed E-state index contributed by atoms with van der Waals surface area (Å²) in [5.41, 5.74) is 1.61. The second kappa shape index (κ2) is 13.8. The molecule has 1 aliphatic rings. The Balaban J connectivity index is 0.00000110. The highest BCUT2D eigenvalue weighted by molar-refractivity contribution is 6.42. The molecule has 0 amide bonds. The van der Waals surface area contributed by atoms with Gasteiger partial charge < -0.3 is 15.2 Å². The Labute approximate surface area is 236 Å². The molecule has 38 heavy (non-hydrogen) atoms. The minimum Gasteiger partial charge on any atom is -0.478 e. The van der Waals surface area contributed by atoms with Gasteiger partial charge in [-0.3, -0.25) is 4.79 Å². The monoisotopic (exact) mass is 563 g/mol. The Morgan fingerprint density at radius 2 is 1.53 bits per heavy atom. The minimum absolute atomic E-state index is 0.170. The van der Waals surface area contributed by atoms with Crippen LogP contribution in [0, 0.1) is 5.92 Å². The summed E-state index contributed by atoms with van der Waals surface area (Å²) in [6, 6.07) is 6.12. The fourth-order valence-corrected chi connectivity index (χ4v) is 4.34. The quantitative estimate of drug-likeness (QED) is 0.279. The summed E-state index contributed by atoms with van der Waals surface area (Å²) in [6.07, 6.45) is 1.60. The minimum atomic E-state index is -1.43. The van der Waals surface area contributed by atoms with Crippen molar-refractivity contribution in [2.75, 3.05) is 5.32 Å². The van der Waals surface area contributed by atoms with Gasteiger partial charge in [0.1, 0.15) is 0 Å². The van der Waals surface area contributed by atoms with Crippen molar-refractivity contribution in [3.05, 3.63) is 68.2 Å². The van der Waals surface area contributed by atoms with E-state index in [4.69, 9.17) is 27.9 Å². The molecule has 1 aliphatic heterocycles. The summed E-state index contributed by atoms with van der Waals surface area (Å²) < 4.78 is 5.16. The molecular formula is C30H39Cl2NO5. The number of benzene rings is 2. The number of carbonyl (C=O) groups is 3. The van der Waals surface area contributed by atoms with Gasteiger partial charge in [0, 0.05) is 16.8 Å². The number of hydrogen-bond donors (Lipinski definition) is 2. The molecule has 208 valence electrons. The number of carbonyl (C=O) groups excluding carboxylic acids is 2. The first-order valence-corrected chi connectivity index (χ1v) is 13.4. The number of halogens is 2. The molecule has 0 saturated carbocycles. The lowest BCUT2D eigenvalue weighted by Crippen LogP contribution is -2.31. The molecule has 0 fully saturated rings. The molecule has 2 aromatic rings. The zero-order valence-electron chi connectivity index (χ0n) is 23.9. The first-order chi connectivity index (χ1) is 17.6. The summed E-state index contributed by atoms with van der Waals surface area (Å²) in [7, 11) is 0. The maximum absolute atomic E-state index is 13.5. The Bertz CT molecular complexity index is 1230. The molecule has 0 aliphatic carbocycles. The first-order valence-electron chi connectivity index (χ1n) is 12.7. The topological polar surface area (TPSA) is 92.7 Å². The van der Waals surface area contributed by atoms with Crippen molar-refractivity contribution in [1.29, 1.82) is 0 Å². The van der Waals surface area contributed by atoms with Crippen molar-refractivity contribution in [2.45, 2.75) is 80.9 Å². The predicted octanol–water partition coefficient (Wildman–Crippen LogP) is 8.78. The maximum Gasteiger partial charge on any atom is 0.339 e. The maximum atomic E-state index is 13.5. The van der Waals surface area contributed by atoms with Crippen molar-refractivity contribution < 1.29 is 24.2 Å². The number of aromatic carboxylic acids is 1. The number of allylic oxidation sites excluding steroid dienone is 1. The molecule has 0 saturated heterocycles. The number of carboxylic acid groups (broad SMARTS) is 1. The Morgan fingerprint density at radius 1 is 0.974 bits per heavy atom. The van der Waals surface area contributed by atoms with Crippen molar-refractivity contribution in [2.24, 2.45) is 5.92 Å². The number of carboxylic acids is 1. The van der Waals surface area contributed by atoms with Gasteiger partial charge in [-0.2, -0.15) is 0 Å². The molecule has 0 aromatic heterocycles. The van der Waals surface area contributed by atoms with E-state index in [1.807, 2.05) is 40.7 Å². The van der Waals surface area contributed by atoms with Gasteiger partial charge in [0.15, 0.2) is 5.78 Å². The number of fused-ring (bicyclic) bond motifs is 1. The van der Waals surface area contributed by atoms with Crippen LogP contribution in [0.1, 0.15) is 111 Å². The van der Waals surface area contributed by atoms with E-state index >= 15 is 0 Å². The van der Waals surface area contributed by atoms with Gasteiger partial charge in [-0.1, -0.05) is 63.9 Å². The average molecular weight is 565 g/mol. The van der Waals surface area contributed by atoms with Crippen LogP contribution in [0.3, 0.4) is 0 Å². The van der Waals surface area contributed by atoms with E-state index < -0.39 is 29.4 Å². The molecule has 1 heterocycles. The van der Waals surface area contributed by atoms with E-state index in [9.17, 15) is 19.5 Å². The molecule has 0 atom stereocenters. The Kier molecular flexibility index (Phi) is 12.1. The van der Waals surface area contributed by atoms with Crippen LogP contribution in [-0.2, 0) is 4.74 Å². The zero-order valence-corrected chi connectivity index (χ0v) is 25.4. The lowest BCUT2D eigenvalue weighted by molar-refractivity contribution is 0.0377. The Hall–Kier alpha value is -2.83. The number of nitrogens with one attached hydrogen (secondary N) is 1. The molecule has 3 rings (SSSR count). The van der Waals surface area contributed by atoms with Gasteiger partial charge in [-0.15, -0.1) is 0 Å². The van der Waals surface area contributed by atoms with Crippen LogP contribution in [-0.4, -0.2) is 34.5 Å². The molecular weight excluding hydrogens is 525 g/mol. The van der Waals surface area contributed by atoms with Crippen LogP contribution in [0.4, 0.5) is 5.69 Å². The van der Waals surface area contributed by atoms with Crippen LogP contribution >= 0.6 is 23.2 Å². The average Bonchev–Trinajstić information content (AvgIpc) is 2.79. The van der Waals surface area contributed by atoms with Crippen molar-refractivity contribution in [3.63, 3.8) is 0 Å².